The first-order valence-electron chi connectivity index (χ1n) is 7.72. The summed E-state index contributed by atoms with van der Waals surface area (Å²) in [5.74, 6) is 0. The quantitative estimate of drug-likeness (QED) is 0.918. The molecule has 1 aromatic heterocycles. The summed E-state index contributed by atoms with van der Waals surface area (Å²) in [6.45, 7) is 3.90. The number of aromatic nitrogens is 2. The van der Waals surface area contributed by atoms with Crippen molar-refractivity contribution in [1.82, 2.24) is 15.1 Å². The minimum absolute atomic E-state index is 0.0548. The normalized spacial score (nSPS) is 19.2. The van der Waals surface area contributed by atoms with Crippen LogP contribution in [0.25, 0.3) is 0 Å². The standard InChI is InChI=1S/C17H23N3O/c1-3-9-20-12-14(11-19-20)16(18-2)17-15-7-5-4-6-13(15)8-10-21-17/h4-7,11-12,16-18H,3,8-10H2,1-2H3. The van der Waals surface area contributed by atoms with Gasteiger partial charge in [0.2, 0.25) is 0 Å². The molecule has 4 heteroatoms. The Bertz CT molecular complexity index is 593. The second-order valence-electron chi connectivity index (χ2n) is 5.54. The molecule has 2 aromatic rings. The van der Waals surface area contributed by atoms with Crippen LogP contribution in [-0.2, 0) is 17.7 Å². The van der Waals surface area contributed by atoms with Crippen molar-refractivity contribution in [2.24, 2.45) is 0 Å². The van der Waals surface area contributed by atoms with Gasteiger partial charge >= 0.3 is 0 Å². The first-order valence-corrected chi connectivity index (χ1v) is 7.72. The fraction of sp³-hybridized carbons (Fsp3) is 0.471. The van der Waals surface area contributed by atoms with E-state index in [0.29, 0.717) is 0 Å². The van der Waals surface area contributed by atoms with E-state index in [9.17, 15) is 0 Å². The maximum absolute atomic E-state index is 6.08. The van der Waals surface area contributed by atoms with Gasteiger partial charge in [-0.1, -0.05) is 31.2 Å². The lowest BCUT2D eigenvalue weighted by molar-refractivity contribution is 0.0165. The minimum atomic E-state index is 0.0548. The summed E-state index contributed by atoms with van der Waals surface area (Å²) in [7, 11) is 1.99. The Morgan fingerprint density at radius 3 is 3.10 bits per heavy atom. The van der Waals surface area contributed by atoms with Gasteiger partial charge in [0.1, 0.15) is 6.10 Å². The molecule has 0 aliphatic carbocycles. The minimum Gasteiger partial charge on any atom is -0.371 e. The van der Waals surface area contributed by atoms with Crippen LogP contribution in [0.5, 0.6) is 0 Å². The highest BCUT2D eigenvalue weighted by atomic mass is 16.5. The molecule has 0 fully saturated rings. The Labute approximate surface area is 126 Å². The molecule has 0 saturated carbocycles. The third-order valence-electron chi connectivity index (χ3n) is 4.11. The maximum atomic E-state index is 6.08. The van der Waals surface area contributed by atoms with Gasteiger partial charge in [-0.25, -0.2) is 0 Å². The zero-order valence-electron chi connectivity index (χ0n) is 12.7. The van der Waals surface area contributed by atoms with Crippen molar-refractivity contribution in [1.29, 1.82) is 0 Å². The first-order chi connectivity index (χ1) is 10.3. The van der Waals surface area contributed by atoms with Gasteiger partial charge in [-0.2, -0.15) is 5.10 Å². The Morgan fingerprint density at radius 1 is 1.43 bits per heavy atom. The predicted molar refractivity (Wildman–Crippen MR) is 83.2 cm³/mol. The molecule has 1 aliphatic rings. The number of fused-ring (bicyclic) bond motifs is 1. The molecule has 2 unspecified atom stereocenters. The summed E-state index contributed by atoms with van der Waals surface area (Å²) in [5, 5.41) is 7.85. The number of likely N-dealkylation sites (N-methyl/N-ethyl adjacent to an activating group) is 1. The molecule has 1 aliphatic heterocycles. The van der Waals surface area contributed by atoms with E-state index >= 15 is 0 Å². The molecule has 2 atom stereocenters. The second kappa shape index (κ2) is 6.41. The molecule has 1 N–H and O–H groups in total. The van der Waals surface area contributed by atoms with E-state index in [-0.39, 0.29) is 12.1 Å². The molecule has 2 heterocycles. The predicted octanol–water partition coefficient (Wildman–Crippen LogP) is 2.87. The Kier molecular flexibility index (Phi) is 4.36. The van der Waals surface area contributed by atoms with E-state index in [1.807, 2.05) is 17.9 Å². The summed E-state index contributed by atoms with van der Waals surface area (Å²) < 4.78 is 8.09. The number of hydrogen-bond donors (Lipinski definition) is 1. The van der Waals surface area contributed by atoms with Gasteiger partial charge in [-0.3, -0.25) is 4.68 Å². The SMILES string of the molecule is CCCn1cc(C(NC)C2OCCc3ccccc32)cn1. The molecule has 4 nitrogen and oxygen atoms in total. The van der Waals surface area contributed by atoms with Crippen LogP contribution in [-0.4, -0.2) is 23.4 Å². The van der Waals surface area contributed by atoms with Gasteiger partial charge in [-0.05, 0) is 31.0 Å². The van der Waals surface area contributed by atoms with Gasteiger partial charge in [0, 0.05) is 18.3 Å². The average molecular weight is 285 g/mol. The fourth-order valence-corrected chi connectivity index (χ4v) is 3.09. The lowest BCUT2D eigenvalue weighted by Gasteiger charge is -2.32. The van der Waals surface area contributed by atoms with E-state index in [1.165, 1.54) is 16.7 Å². The third-order valence-corrected chi connectivity index (χ3v) is 4.11. The van der Waals surface area contributed by atoms with Crippen LogP contribution < -0.4 is 5.32 Å². The fourth-order valence-electron chi connectivity index (χ4n) is 3.09. The number of nitrogens with one attached hydrogen (secondary N) is 1. The van der Waals surface area contributed by atoms with Crippen molar-refractivity contribution >= 4 is 0 Å². The number of nitrogens with zero attached hydrogens (tertiary/aromatic N) is 2. The largest absolute Gasteiger partial charge is 0.371 e. The van der Waals surface area contributed by atoms with Crippen molar-refractivity contribution in [3.05, 3.63) is 53.3 Å². The first kappa shape index (κ1) is 14.3. The van der Waals surface area contributed by atoms with Gasteiger partial charge in [0.05, 0.1) is 18.8 Å². The third kappa shape index (κ3) is 2.87. The molecule has 0 amide bonds. The molecular formula is C17H23N3O. The van der Waals surface area contributed by atoms with E-state index in [4.69, 9.17) is 4.74 Å². The van der Waals surface area contributed by atoms with Crippen LogP contribution in [0.4, 0.5) is 0 Å². The van der Waals surface area contributed by atoms with Crippen LogP contribution in [0, 0.1) is 0 Å². The van der Waals surface area contributed by atoms with Gasteiger partial charge in [0.15, 0.2) is 0 Å². The average Bonchev–Trinajstić information content (AvgIpc) is 2.97. The maximum Gasteiger partial charge on any atom is 0.102 e. The summed E-state index contributed by atoms with van der Waals surface area (Å²) in [6.07, 6.45) is 6.23. The lowest BCUT2D eigenvalue weighted by atomic mass is 9.91. The van der Waals surface area contributed by atoms with E-state index in [2.05, 4.69) is 47.8 Å². The van der Waals surface area contributed by atoms with Gasteiger partial charge < -0.3 is 10.1 Å². The molecular weight excluding hydrogens is 262 g/mol. The van der Waals surface area contributed by atoms with Crippen LogP contribution in [0.1, 0.15) is 42.2 Å². The number of rotatable bonds is 5. The molecule has 0 radical (unpaired) electrons. The number of aryl methyl sites for hydroxylation is 1. The smallest absolute Gasteiger partial charge is 0.102 e. The number of hydrogen-bond acceptors (Lipinski definition) is 3. The zero-order valence-corrected chi connectivity index (χ0v) is 12.7. The molecule has 0 spiro atoms. The van der Waals surface area contributed by atoms with Crippen molar-refractivity contribution in [2.75, 3.05) is 13.7 Å². The highest BCUT2D eigenvalue weighted by Gasteiger charge is 2.29. The van der Waals surface area contributed by atoms with Crippen LogP contribution >= 0.6 is 0 Å². The van der Waals surface area contributed by atoms with Crippen LogP contribution in [0.15, 0.2) is 36.7 Å². The monoisotopic (exact) mass is 285 g/mol. The number of ether oxygens (including phenoxy) is 1. The highest BCUT2D eigenvalue weighted by Crippen LogP contribution is 2.36. The van der Waals surface area contributed by atoms with E-state index < -0.39 is 0 Å². The Hall–Kier alpha value is -1.65. The Morgan fingerprint density at radius 2 is 2.29 bits per heavy atom. The van der Waals surface area contributed by atoms with Gasteiger partial charge in [-0.15, -0.1) is 0 Å². The summed E-state index contributed by atoms with van der Waals surface area (Å²) in [6, 6.07) is 8.72. The topological polar surface area (TPSA) is 39.1 Å². The lowest BCUT2D eigenvalue weighted by Crippen LogP contribution is -2.29. The summed E-state index contributed by atoms with van der Waals surface area (Å²) in [5.41, 5.74) is 3.88. The van der Waals surface area contributed by atoms with Crippen molar-refractivity contribution in [2.45, 2.75) is 38.5 Å². The van der Waals surface area contributed by atoms with Crippen molar-refractivity contribution < 1.29 is 4.74 Å². The van der Waals surface area contributed by atoms with E-state index in [0.717, 1.165) is 26.0 Å². The highest BCUT2D eigenvalue weighted by molar-refractivity contribution is 5.33. The molecule has 0 bridgehead atoms. The molecule has 0 saturated heterocycles. The van der Waals surface area contributed by atoms with Crippen molar-refractivity contribution in [3.63, 3.8) is 0 Å². The molecule has 3 rings (SSSR count). The Balaban J connectivity index is 1.89. The van der Waals surface area contributed by atoms with Crippen LogP contribution in [0.2, 0.25) is 0 Å². The zero-order chi connectivity index (χ0) is 14.7. The van der Waals surface area contributed by atoms with Gasteiger partial charge in [0.25, 0.3) is 0 Å². The number of benzene rings is 1. The van der Waals surface area contributed by atoms with Crippen LogP contribution in [0.3, 0.4) is 0 Å². The second-order valence-corrected chi connectivity index (χ2v) is 5.54. The summed E-state index contributed by atoms with van der Waals surface area (Å²) >= 11 is 0. The van der Waals surface area contributed by atoms with Crippen molar-refractivity contribution in [3.8, 4) is 0 Å². The molecule has 112 valence electrons. The van der Waals surface area contributed by atoms with E-state index in [1.54, 1.807) is 0 Å². The molecule has 21 heavy (non-hydrogen) atoms. The summed E-state index contributed by atoms with van der Waals surface area (Å²) in [4.78, 5) is 0. The molecule has 1 aromatic carbocycles.